The summed E-state index contributed by atoms with van der Waals surface area (Å²) in [5.74, 6) is 0.378. The second-order valence-corrected chi connectivity index (χ2v) is 7.24. The largest absolute Gasteiger partial charge is 0.480 e. The Morgan fingerprint density at radius 2 is 1.86 bits per heavy atom. The summed E-state index contributed by atoms with van der Waals surface area (Å²) in [6, 6.07) is -0.677. The van der Waals surface area contributed by atoms with Gasteiger partial charge in [-0.2, -0.15) is 0 Å². The van der Waals surface area contributed by atoms with Crippen LogP contribution in [0.4, 0.5) is 4.79 Å². The first-order chi connectivity index (χ1) is 10.1. The van der Waals surface area contributed by atoms with E-state index in [2.05, 4.69) is 12.2 Å². The lowest BCUT2D eigenvalue weighted by Gasteiger charge is -2.32. The summed E-state index contributed by atoms with van der Waals surface area (Å²) >= 11 is 1.57. The van der Waals surface area contributed by atoms with Crippen LogP contribution in [0.2, 0.25) is 0 Å². The molecule has 1 saturated heterocycles. The SMILES string of the molecule is CCC1CCC(NC(=O)N2C(CC)SCC2C(=O)O)CC1. The fourth-order valence-corrected chi connectivity index (χ4v) is 4.65. The monoisotopic (exact) mass is 314 g/mol. The number of amides is 2. The summed E-state index contributed by atoms with van der Waals surface area (Å²) in [7, 11) is 0. The highest BCUT2D eigenvalue weighted by atomic mass is 32.2. The molecule has 0 aromatic carbocycles. The molecule has 2 N–H and O–H groups in total. The quantitative estimate of drug-likeness (QED) is 0.837. The van der Waals surface area contributed by atoms with E-state index in [1.54, 1.807) is 16.7 Å². The molecule has 2 unspecified atom stereocenters. The minimum Gasteiger partial charge on any atom is -0.480 e. The third-order valence-corrected chi connectivity index (χ3v) is 6.17. The van der Waals surface area contributed by atoms with E-state index in [4.69, 9.17) is 0 Å². The van der Waals surface area contributed by atoms with Crippen molar-refractivity contribution in [1.82, 2.24) is 10.2 Å². The minimum absolute atomic E-state index is 0.0157. The lowest BCUT2D eigenvalue weighted by atomic mass is 9.84. The zero-order valence-electron chi connectivity index (χ0n) is 12.9. The first-order valence-electron chi connectivity index (χ1n) is 8.00. The molecule has 0 radical (unpaired) electrons. The topological polar surface area (TPSA) is 69.6 Å². The van der Waals surface area contributed by atoms with Gasteiger partial charge < -0.3 is 10.4 Å². The van der Waals surface area contributed by atoms with Gasteiger partial charge in [0.05, 0.1) is 5.37 Å². The molecule has 0 bridgehead atoms. The Bertz CT molecular complexity index is 383. The van der Waals surface area contributed by atoms with Gasteiger partial charge >= 0.3 is 12.0 Å². The van der Waals surface area contributed by atoms with Crippen molar-refractivity contribution in [3.8, 4) is 0 Å². The van der Waals surface area contributed by atoms with E-state index in [9.17, 15) is 14.7 Å². The van der Waals surface area contributed by atoms with Gasteiger partial charge in [0.2, 0.25) is 0 Å². The number of aliphatic carboxylic acids is 1. The van der Waals surface area contributed by atoms with Crippen molar-refractivity contribution < 1.29 is 14.7 Å². The van der Waals surface area contributed by atoms with Crippen LogP contribution >= 0.6 is 11.8 Å². The molecule has 2 rings (SSSR count). The molecule has 1 aliphatic carbocycles. The van der Waals surface area contributed by atoms with E-state index in [0.29, 0.717) is 5.75 Å². The van der Waals surface area contributed by atoms with E-state index in [1.807, 2.05) is 6.92 Å². The van der Waals surface area contributed by atoms with E-state index in [0.717, 1.165) is 38.0 Å². The second kappa shape index (κ2) is 7.38. The first kappa shape index (κ1) is 16.5. The van der Waals surface area contributed by atoms with Crippen LogP contribution in [-0.4, -0.2) is 45.2 Å². The summed E-state index contributed by atoms with van der Waals surface area (Å²) in [6.07, 6.45) is 6.35. The Morgan fingerprint density at radius 1 is 1.19 bits per heavy atom. The van der Waals surface area contributed by atoms with Gasteiger partial charge in [0.1, 0.15) is 6.04 Å². The van der Waals surface area contributed by atoms with Gasteiger partial charge in [0.25, 0.3) is 0 Å². The van der Waals surface area contributed by atoms with Crippen LogP contribution in [-0.2, 0) is 4.79 Å². The molecule has 1 aliphatic heterocycles. The predicted octanol–water partition coefficient (Wildman–Crippen LogP) is 2.90. The molecule has 2 atom stereocenters. The number of nitrogens with zero attached hydrogens (tertiary/aromatic N) is 1. The van der Waals surface area contributed by atoms with Crippen molar-refractivity contribution in [2.24, 2.45) is 5.92 Å². The maximum absolute atomic E-state index is 12.5. The Labute approximate surface area is 130 Å². The fourth-order valence-electron chi connectivity index (χ4n) is 3.30. The zero-order valence-corrected chi connectivity index (χ0v) is 13.7. The average Bonchev–Trinajstić information content (AvgIpc) is 2.92. The van der Waals surface area contributed by atoms with E-state index in [-0.39, 0.29) is 17.4 Å². The molecule has 1 saturated carbocycles. The van der Waals surface area contributed by atoms with Crippen LogP contribution in [0.3, 0.4) is 0 Å². The number of hydrogen-bond donors (Lipinski definition) is 2. The molecular formula is C15H26N2O3S. The van der Waals surface area contributed by atoms with Crippen LogP contribution < -0.4 is 5.32 Å². The molecule has 2 aliphatic rings. The highest BCUT2D eigenvalue weighted by Gasteiger charge is 2.41. The molecule has 0 aromatic rings. The molecule has 0 aromatic heterocycles. The average molecular weight is 314 g/mol. The van der Waals surface area contributed by atoms with Gasteiger partial charge in [-0.3, -0.25) is 4.90 Å². The molecule has 21 heavy (non-hydrogen) atoms. The van der Waals surface area contributed by atoms with Crippen molar-refractivity contribution in [2.75, 3.05) is 5.75 Å². The van der Waals surface area contributed by atoms with Crippen molar-refractivity contribution in [3.63, 3.8) is 0 Å². The lowest BCUT2D eigenvalue weighted by Crippen LogP contribution is -2.52. The third-order valence-electron chi connectivity index (χ3n) is 4.71. The number of nitrogens with one attached hydrogen (secondary N) is 1. The molecule has 6 heteroatoms. The third kappa shape index (κ3) is 3.84. The highest BCUT2D eigenvalue weighted by Crippen LogP contribution is 2.32. The second-order valence-electron chi connectivity index (χ2n) is 6.03. The van der Waals surface area contributed by atoms with Crippen molar-refractivity contribution >= 4 is 23.8 Å². The van der Waals surface area contributed by atoms with Crippen molar-refractivity contribution in [2.45, 2.75) is 69.8 Å². The first-order valence-corrected chi connectivity index (χ1v) is 9.04. The van der Waals surface area contributed by atoms with Crippen LogP contribution in [0.15, 0.2) is 0 Å². The number of hydrogen-bond acceptors (Lipinski definition) is 3. The summed E-state index contributed by atoms with van der Waals surface area (Å²) in [5.41, 5.74) is 0. The smallest absolute Gasteiger partial charge is 0.327 e. The molecule has 2 amide bonds. The van der Waals surface area contributed by atoms with Crippen LogP contribution in [0.25, 0.3) is 0 Å². The number of carboxylic acid groups (broad SMARTS) is 1. The van der Waals surface area contributed by atoms with Gasteiger partial charge in [0.15, 0.2) is 0 Å². The van der Waals surface area contributed by atoms with Gasteiger partial charge in [-0.25, -0.2) is 9.59 Å². The van der Waals surface area contributed by atoms with E-state index in [1.165, 1.54) is 6.42 Å². The predicted molar refractivity (Wildman–Crippen MR) is 84.4 cm³/mol. The number of rotatable bonds is 4. The number of thioether (sulfide) groups is 1. The Balaban J connectivity index is 1.93. The Hall–Kier alpha value is -0.910. The Morgan fingerprint density at radius 3 is 2.38 bits per heavy atom. The standard InChI is InChI=1S/C15H26N2O3S/c1-3-10-5-7-11(8-6-10)16-15(20)17-12(14(18)19)9-21-13(17)4-2/h10-13H,3-9H2,1-2H3,(H,16,20)(H,18,19). The molecule has 0 spiro atoms. The maximum atomic E-state index is 12.5. The number of carbonyl (C=O) groups is 2. The zero-order chi connectivity index (χ0) is 15.4. The van der Waals surface area contributed by atoms with Gasteiger partial charge in [0, 0.05) is 11.8 Å². The Kier molecular flexibility index (Phi) is 5.79. The normalized spacial score (nSPS) is 33.0. The van der Waals surface area contributed by atoms with Crippen molar-refractivity contribution in [1.29, 1.82) is 0 Å². The fraction of sp³-hybridized carbons (Fsp3) is 0.867. The van der Waals surface area contributed by atoms with Gasteiger partial charge in [-0.15, -0.1) is 11.8 Å². The molecule has 2 fully saturated rings. The van der Waals surface area contributed by atoms with Gasteiger partial charge in [-0.05, 0) is 38.0 Å². The minimum atomic E-state index is -0.900. The lowest BCUT2D eigenvalue weighted by molar-refractivity contribution is -0.141. The molecular weight excluding hydrogens is 288 g/mol. The maximum Gasteiger partial charge on any atom is 0.327 e. The van der Waals surface area contributed by atoms with Crippen LogP contribution in [0.1, 0.15) is 52.4 Å². The summed E-state index contributed by atoms with van der Waals surface area (Å²) in [4.78, 5) is 25.3. The van der Waals surface area contributed by atoms with Crippen molar-refractivity contribution in [3.05, 3.63) is 0 Å². The summed E-state index contributed by atoms with van der Waals surface area (Å²) in [5, 5.41) is 12.3. The highest BCUT2D eigenvalue weighted by molar-refractivity contribution is 8.00. The summed E-state index contributed by atoms with van der Waals surface area (Å²) in [6.45, 7) is 4.21. The molecule has 1 heterocycles. The number of urea groups is 1. The van der Waals surface area contributed by atoms with E-state index < -0.39 is 12.0 Å². The van der Waals surface area contributed by atoms with Gasteiger partial charge in [-0.1, -0.05) is 20.3 Å². The number of carboxylic acids is 1. The van der Waals surface area contributed by atoms with E-state index >= 15 is 0 Å². The summed E-state index contributed by atoms with van der Waals surface area (Å²) < 4.78 is 0. The molecule has 5 nitrogen and oxygen atoms in total. The van der Waals surface area contributed by atoms with Crippen LogP contribution in [0, 0.1) is 5.92 Å². The number of carbonyl (C=O) groups excluding carboxylic acids is 1. The van der Waals surface area contributed by atoms with Crippen LogP contribution in [0.5, 0.6) is 0 Å². The molecule has 120 valence electrons.